The molecular formula is C6H11ClN2O3. The molecule has 0 aromatic heterocycles. The van der Waals surface area contributed by atoms with Gasteiger partial charge in [-0.3, -0.25) is 9.69 Å². The van der Waals surface area contributed by atoms with Crippen molar-refractivity contribution in [1.29, 1.82) is 0 Å². The maximum Gasteiger partial charge on any atom is 0.410 e. The number of amides is 2. The fourth-order valence-corrected chi connectivity index (χ4v) is 0.641. The number of rotatable bonds is 2. The van der Waals surface area contributed by atoms with Crippen molar-refractivity contribution < 1.29 is 14.3 Å². The van der Waals surface area contributed by atoms with Crippen molar-refractivity contribution in [2.24, 2.45) is 0 Å². The smallest absolute Gasteiger partial charge is 0.410 e. The molecule has 0 rings (SSSR count). The van der Waals surface area contributed by atoms with Crippen molar-refractivity contribution in [3.8, 4) is 0 Å². The molecule has 0 saturated carbocycles. The summed E-state index contributed by atoms with van der Waals surface area (Å²) in [5.74, 6) is 0. The second-order valence-electron chi connectivity index (χ2n) is 2.26. The number of hydrogen-bond acceptors (Lipinski definition) is 3. The molecule has 0 bridgehead atoms. The summed E-state index contributed by atoms with van der Waals surface area (Å²) in [4.78, 5) is 23.7. The van der Waals surface area contributed by atoms with E-state index >= 15 is 0 Å². The van der Waals surface area contributed by atoms with Crippen LogP contribution in [0.4, 0.5) is 9.59 Å². The summed E-state index contributed by atoms with van der Waals surface area (Å²) in [6.07, 6.45) is -0.514. The number of methoxy groups -OCH3 is 1. The predicted octanol–water partition coefficient (Wildman–Crippen LogP) is 0.933. The zero-order chi connectivity index (χ0) is 9.72. The molecule has 6 heteroatoms. The van der Waals surface area contributed by atoms with E-state index in [4.69, 9.17) is 11.6 Å². The lowest BCUT2D eigenvalue weighted by Crippen LogP contribution is -2.38. The number of nitrogens with zero attached hydrogens (tertiary/aromatic N) is 2. The van der Waals surface area contributed by atoms with Gasteiger partial charge in [0.15, 0.2) is 0 Å². The van der Waals surface area contributed by atoms with Crippen LogP contribution in [0.3, 0.4) is 0 Å². The first kappa shape index (κ1) is 11.0. The third-order valence-electron chi connectivity index (χ3n) is 1.21. The summed E-state index contributed by atoms with van der Waals surface area (Å²) in [7, 11) is 4.25. The highest BCUT2D eigenvalue weighted by Crippen LogP contribution is 1.95. The number of ether oxygens (including phenoxy) is 1. The molecule has 0 N–H and O–H groups in total. The zero-order valence-corrected chi connectivity index (χ0v) is 7.96. The Labute approximate surface area is 75.8 Å². The normalized spacial score (nSPS) is 9.00. The molecule has 12 heavy (non-hydrogen) atoms. The molecule has 0 atom stereocenters. The minimum Gasteiger partial charge on any atom is -0.453 e. The Morgan fingerprint density at radius 1 is 1.33 bits per heavy atom. The third kappa shape index (κ3) is 3.43. The van der Waals surface area contributed by atoms with Crippen LogP contribution >= 0.6 is 11.6 Å². The van der Waals surface area contributed by atoms with E-state index in [9.17, 15) is 9.59 Å². The van der Waals surface area contributed by atoms with Crippen molar-refractivity contribution in [1.82, 2.24) is 9.80 Å². The van der Waals surface area contributed by atoms with Crippen molar-refractivity contribution in [3.05, 3.63) is 0 Å². The molecule has 0 fully saturated rings. The highest BCUT2D eigenvalue weighted by atomic mass is 35.5. The summed E-state index contributed by atoms with van der Waals surface area (Å²) >= 11 is 5.13. The lowest BCUT2D eigenvalue weighted by molar-refractivity contribution is 0.117. The largest absolute Gasteiger partial charge is 0.453 e. The topological polar surface area (TPSA) is 49.9 Å². The fraction of sp³-hybridized carbons (Fsp3) is 0.667. The lowest BCUT2D eigenvalue weighted by atomic mass is 10.7. The monoisotopic (exact) mass is 194 g/mol. The van der Waals surface area contributed by atoms with E-state index in [2.05, 4.69) is 4.74 Å². The molecule has 0 heterocycles. The SMILES string of the molecule is COC(=O)N(C)CN(C)C(=O)Cl. The van der Waals surface area contributed by atoms with Crippen molar-refractivity contribution >= 4 is 23.1 Å². The second kappa shape index (κ2) is 4.82. The average Bonchev–Trinajstić information content (AvgIpc) is 2.02. The molecule has 0 aliphatic rings. The molecule has 70 valence electrons. The molecule has 2 amide bonds. The molecular weight excluding hydrogens is 184 g/mol. The first-order chi connectivity index (χ1) is 5.49. The number of hydrogen-bond donors (Lipinski definition) is 0. The Kier molecular flexibility index (Phi) is 4.43. The number of carbonyl (C=O) groups is 2. The van der Waals surface area contributed by atoms with Gasteiger partial charge in [0.1, 0.15) is 0 Å². The summed E-state index contributed by atoms with van der Waals surface area (Å²) in [5, 5.41) is -0.620. The quantitative estimate of drug-likeness (QED) is 0.373. The first-order valence-electron chi connectivity index (χ1n) is 3.18. The molecule has 0 saturated heterocycles. The van der Waals surface area contributed by atoms with Crippen LogP contribution in [-0.4, -0.2) is 49.1 Å². The lowest BCUT2D eigenvalue weighted by Gasteiger charge is -2.21. The summed E-state index contributed by atoms with van der Waals surface area (Å²) in [6.45, 7) is 0.106. The van der Waals surface area contributed by atoms with Gasteiger partial charge >= 0.3 is 11.5 Å². The maximum atomic E-state index is 10.8. The Hall–Kier alpha value is -0.970. The molecule has 0 radical (unpaired) electrons. The van der Waals surface area contributed by atoms with Crippen LogP contribution in [-0.2, 0) is 4.74 Å². The van der Waals surface area contributed by atoms with E-state index in [1.54, 1.807) is 0 Å². The Balaban J connectivity index is 3.91. The van der Waals surface area contributed by atoms with Crippen LogP contribution < -0.4 is 0 Å². The van der Waals surface area contributed by atoms with Gasteiger partial charge in [0.2, 0.25) is 0 Å². The molecule has 0 aliphatic heterocycles. The minimum atomic E-state index is -0.620. The van der Waals surface area contributed by atoms with Gasteiger partial charge in [0, 0.05) is 14.1 Å². The minimum absolute atomic E-state index is 0.106. The highest BCUT2D eigenvalue weighted by Gasteiger charge is 2.12. The van der Waals surface area contributed by atoms with Crippen LogP contribution in [0.15, 0.2) is 0 Å². The van der Waals surface area contributed by atoms with Crippen LogP contribution in [0.5, 0.6) is 0 Å². The first-order valence-corrected chi connectivity index (χ1v) is 3.56. The van der Waals surface area contributed by atoms with Crippen molar-refractivity contribution in [2.75, 3.05) is 27.9 Å². The van der Waals surface area contributed by atoms with E-state index < -0.39 is 11.5 Å². The van der Waals surface area contributed by atoms with Gasteiger partial charge < -0.3 is 9.64 Å². The van der Waals surface area contributed by atoms with E-state index in [0.717, 1.165) is 0 Å². The number of carbonyl (C=O) groups excluding carboxylic acids is 2. The summed E-state index contributed by atoms with van der Waals surface area (Å²) in [5.41, 5.74) is 0. The van der Waals surface area contributed by atoms with Crippen LogP contribution in [0.1, 0.15) is 0 Å². The van der Waals surface area contributed by atoms with Gasteiger partial charge in [-0.2, -0.15) is 0 Å². The zero-order valence-electron chi connectivity index (χ0n) is 7.20. The van der Waals surface area contributed by atoms with E-state index in [1.165, 1.54) is 31.0 Å². The Bertz CT molecular complexity index is 186. The summed E-state index contributed by atoms with van der Waals surface area (Å²) < 4.78 is 4.40. The Morgan fingerprint density at radius 3 is 2.17 bits per heavy atom. The Morgan fingerprint density at radius 2 is 1.83 bits per heavy atom. The third-order valence-corrected chi connectivity index (χ3v) is 1.50. The molecule has 0 unspecified atom stereocenters. The van der Waals surface area contributed by atoms with Crippen molar-refractivity contribution in [2.45, 2.75) is 0 Å². The van der Waals surface area contributed by atoms with Crippen molar-refractivity contribution in [3.63, 3.8) is 0 Å². The van der Waals surface area contributed by atoms with Gasteiger partial charge in [0.25, 0.3) is 0 Å². The van der Waals surface area contributed by atoms with Crippen LogP contribution in [0.25, 0.3) is 0 Å². The van der Waals surface area contributed by atoms with E-state index in [1.807, 2.05) is 0 Å². The van der Waals surface area contributed by atoms with Gasteiger partial charge in [-0.25, -0.2) is 4.79 Å². The molecule has 0 aromatic carbocycles. The molecule has 0 spiro atoms. The van der Waals surface area contributed by atoms with Crippen LogP contribution in [0.2, 0.25) is 0 Å². The molecule has 5 nitrogen and oxygen atoms in total. The van der Waals surface area contributed by atoms with E-state index in [-0.39, 0.29) is 6.67 Å². The fourth-order valence-electron chi connectivity index (χ4n) is 0.587. The standard InChI is InChI=1S/C6H11ClN2O3/c1-8(5(7)10)4-9(2)6(11)12-3/h4H2,1-3H3. The number of halogens is 1. The van der Waals surface area contributed by atoms with E-state index in [0.29, 0.717) is 0 Å². The highest BCUT2D eigenvalue weighted by molar-refractivity contribution is 6.62. The second-order valence-corrected chi connectivity index (χ2v) is 2.58. The predicted molar refractivity (Wildman–Crippen MR) is 44.0 cm³/mol. The van der Waals surface area contributed by atoms with Gasteiger partial charge in [-0.15, -0.1) is 0 Å². The molecule has 0 aliphatic carbocycles. The van der Waals surface area contributed by atoms with Gasteiger partial charge in [-0.05, 0) is 11.6 Å². The summed E-state index contributed by atoms with van der Waals surface area (Å²) in [6, 6.07) is 0. The van der Waals surface area contributed by atoms with Gasteiger partial charge in [-0.1, -0.05) is 0 Å². The average molecular weight is 195 g/mol. The van der Waals surface area contributed by atoms with Gasteiger partial charge in [0.05, 0.1) is 13.8 Å². The molecule has 0 aromatic rings. The van der Waals surface area contributed by atoms with Crippen LogP contribution in [0, 0.1) is 0 Å². The maximum absolute atomic E-state index is 10.8.